The largest absolute Gasteiger partial charge is 0.325 e. The Hall–Kier alpha value is -3.10. The summed E-state index contributed by atoms with van der Waals surface area (Å²) in [6.07, 6.45) is 0. The van der Waals surface area contributed by atoms with Crippen molar-refractivity contribution in [3.63, 3.8) is 0 Å². The lowest BCUT2D eigenvalue weighted by atomic mass is 10.1. The minimum Gasteiger partial charge on any atom is -0.325 e. The van der Waals surface area contributed by atoms with Gasteiger partial charge in [0, 0.05) is 18.3 Å². The van der Waals surface area contributed by atoms with Crippen molar-refractivity contribution >= 4 is 21.6 Å². The number of halogens is 2. The molecule has 3 aromatic carbocycles. The fourth-order valence-electron chi connectivity index (χ4n) is 3.65. The maximum atomic E-state index is 13.6. The first-order valence-electron chi connectivity index (χ1n) is 9.95. The molecule has 168 valence electrons. The zero-order chi connectivity index (χ0) is 23.5. The second-order valence-corrected chi connectivity index (χ2v) is 9.54. The van der Waals surface area contributed by atoms with Gasteiger partial charge in [-0.15, -0.1) is 0 Å². The first kappa shape index (κ1) is 23.6. The van der Waals surface area contributed by atoms with Crippen LogP contribution in [0.25, 0.3) is 0 Å². The van der Waals surface area contributed by atoms with Crippen molar-refractivity contribution in [2.75, 3.05) is 11.9 Å². The van der Waals surface area contributed by atoms with Gasteiger partial charge >= 0.3 is 0 Å². The Balaban J connectivity index is 1.94. The van der Waals surface area contributed by atoms with E-state index in [1.165, 1.54) is 6.07 Å². The van der Waals surface area contributed by atoms with Crippen LogP contribution in [0, 0.1) is 32.4 Å². The van der Waals surface area contributed by atoms with Crippen LogP contribution in [-0.4, -0.2) is 25.2 Å². The average molecular weight is 459 g/mol. The molecule has 0 aromatic heterocycles. The fraction of sp³-hybridized carbons (Fsp3) is 0.208. The molecular weight excluding hydrogens is 434 g/mol. The Morgan fingerprint density at radius 2 is 1.53 bits per heavy atom. The number of hydrogen-bond acceptors (Lipinski definition) is 3. The van der Waals surface area contributed by atoms with Gasteiger partial charge in [-0.2, -0.15) is 4.31 Å². The van der Waals surface area contributed by atoms with E-state index >= 15 is 0 Å². The molecule has 0 aliphatic rings. The summed E-state index contributed by atoms with van der Waals surface area (Å²) in [4.78, 5) is 12.8. The maximum absolute atomic E-state index is 13.6. The topological polar surface area (TPSA) is 66.5 Å². The summed E-state index contributed by atoms with van der Waals surface area (Å²) in [5.41, 5.74) is 2.85. The molecule has 3 aromatic rings. The monoisotopic (exact) mass is 458 g/mol. The summed E-state index contributed by atoms with van der Waals surface area (Å²) < 4.78 is 55.0. The SMILES string of the molecule is Cc1cc(C)c(S(=O)(=O)N(CC(=O)Nc2ccc(F)c(F)c2)Cc2ccccc2)c(C)c1. The number of anilines is 1. The van der Waals surface area contributed by atoms with Gasteiger partial charge in [0.15, 0.2) is 11.6 Å². The van der Waals surface area contributed by atoms with Crippen molar-refractivity contribution in [2.24, 2.45) is 0 Å². The molecule has 0 heterocycles. The Morgan fingerprint density at radius 1 is 0.906 bits per heavy atom. The zero-order valence-corrected chi connectivity index (χ0v) is 18.8. The Morgan fingerprint density at radius 3 is 2.12 bits per heavy atom. The van der Waals surface area contributed by atoms with E-state index in [2.05, 4.69) is 5.32 Å². The van der Waals surface area contributed by atoms with E-state index in [1.807, 2.05) is 13.0 Å². The van der Waals surface area contributed by atoms with Crippen LogP contribution in [0.2, 0.25) is 0 Å². The molecule has 0 saturated carbocycles. The molecule has 0 spiro atoms. The molecule has 1 N–H and O–H groups in total. The summed E-state index contributed by atoms with van der Waals surface area (Å²) in [5, 5.41) is 2.44. The van der Waals surface area contributed by atoms with Crippen LogP contribution in [0.5, 0.6) is 0 Å². The number of amides is 1. The third-order valence-corrected chi connectivity index (χ3v) is 7.03. The van der Waals surface area contributed by atoms with Crippen LogP contribution in [-0.2, 0) is 21.4 Å². The Kier molecular flexibility index (Phi) is 7.06. The van der Waals surface area contributed by atoms with Crippen molar-refractivity contribution in [3.8, 4) is 0 Å². The molecular formula is C24H24F2N2O3S. The van der Waals surface area contributed by atoms with E-state index in [4.69, 9.17) is 0 Å². The predicted octanol–water partition coefficient (Wildman–Crippen LogP) is 4.72. The summed E-state index contributed by atoms with van der Waals surface area (Å²) in [7, 11) is -4.04. The highest BCUT2D eigenvalue weighted by Crippen LogP contribution is 2.26. The smallest absolute Gasteiger partial charge is 0.244 e. The predicted molar refractivity (Wildman–Crippen MR) is 120 cm³/mol. The second-order valence-electron chi connectivity index (χ2n) is 7.66. The van der Waals surface area contributed by atoms with Crippen LogP contribution in [0.1, 0.15) is 22.3 Å². The number of sulfonamides is 1. The van der Waals surface area contributed by atoms with E-state index in [9.17, 15) is 22.0 Å². The van der Waals surface area contributed by atoms with E-state index in [0.29, 0.717) is 16.7 Å². The summed E-state index contributed by atoms with van der Waals surface area (Å²) in [5.74, 6) is -2.82. The van der Waals surface area contributed by atoms with E-state index < -0.39 is 34.1 Å². The van der Waals surface area contributed by atoms with Crippen molar-refractivity contribution in [2.45, 2.75) is 32.2 Å². The van der Waals surface area contributed by atoms with Gasteiger partial charge in [0.1, 0.15) is 0 Å². The van der Waals surface area contributed by atoms with Gasteiger partial charge in [0.05, 0.1) is 11.4 Å². The Labute approximate surface area is 186 Å². The first-order valence-corrected chi connectivity index (χ1v) is 11.4. The molecule has 3 rings (SSSR count). The minimum atomic E-state index is -4.04. The quantitative estimate of drug-likeness (QED) is 0.557. The van der Waals surface area contributed by atoms with Gasteiger partial charge in [0.25, 0.3) is 0 Å². The normalized spacial score (nSPS) is 11.6. The van der Waals surface area contributed by atoms with Crippen LogP contribution >= 0.6 is 0 Å². The van der Waals surface area contributed by atoms with E-state index in [1.54, 1.807) is 50.2 Å². The van der Waals surface area contributed by atoms with Crippen molar-refractivity contribution < 1.29 is 22.0 Å². The zero-order valence-electron chi connectivity index (χ0n) is 18.0. The first-order chi connectivity index (χ1) is 15.1. The number of carbonyl (C=O) groups excluding carboxylic acids is 1. The minimum absolute atomic E-state index is 0.0267. The number of benzene rings is 3. The van der Waals surface area contributed by atoms with Gasteiger partial charge < -0.3 is 5.32 Å². The van der Waals surface area contributed by atoms with Crippen molar-refractivity contribution in [1.82, 2.24) is 4.31 Å². The molecule has 0 fully saturated rings. The Bertz CT molecular complexity index is 1220. The number of hydrogen-bond donors (Lipinski definition) is 1. The molecule has 0 aliphatic carbocycles. The molecule has 0 aliphatic heterocycles. The van der Waals surface area contributed by atoms with Gasteiger partial charge in [0.2, 0.25) is 15.9 Å². The lowest BCUT2D eigenvalue weighted by Crippen LogP contribution is -2.38. The molecule has 8 heteroatoms. The van der Waals surface area contributed by atoms with Gasteiger partial charge in [-0.25, -0.2) is 17.2 Å². The molecule has 1 amide bonds. The molecule has 32 heavy (non-hydrogen) atoms. The summed E-state index contributed by atoms with van der Waals surface area (Å²) >= 11 is 0. The van der Waals surface area contributed by atoms with Crippen LogP contribution in [0.15, 0.2) is 65.6 Å². The lowest BCUT2D eigenvalue weighted by Gasteiger charge is -2.24. The average Bonchev–Trinajstić information content (AvgIpc) is 2.70. The fourth-order valence-corrected chi connectivity index (χ4v) is 5.45. The number of nitrogens with zero attached hydrogens (tertiary/aromatic N) is 1. The second kappa shape index (κ2) is 9.58. The van der Waals surface area contributed by atoms with Crippen molar-refractivity contribution in [1.29, 1.82) is 0 Å². The molecule has 0 unspecified atom stereocenters. The van der Waals surface area contributed by atoms with Crippen molar-refractivity contribution in [3.05, 3.63) is 94.6 Å². The van der Waals surface area contributed by atoms with Crippen LogP contribution in [0.3, 0.4) is 0 Å². The number of aryl methyl sites for hydroxylation is 3. The molecule has 0 saturated heterocycles. The third-order valence-electron chi connectivity index (χ3n) is 4.93. The van der Waals surface area contributed by atoms with Gasteiger partial charge in [-0.05, 0) is 49.6 Å². The lowest BCUT2D eigenvalue weighted by molar-refractivity contribution is -0.116. The van der Waals surface area contributed by atoms with Crippen LogP contribution < -0.4 is 5.32 Å². The number of rotatable bonds is 7. The van der Waals surface area contributed by atoms with E-state index in [-0.39, 0.29) is 17.1 Å². The standard InChI is InChI=1S/C24H24F2N2O3S/c1-16-11-17(2)24(18(3)12-16)32(30,31)28(14-19-7-5-4-6-8-19)15-23(29)27-20-9-10-21(25)22(26)13-20/h4-13H,14-15H2,1-3H3,(H,27,29). The van der Waals surface area contributed by atoms with Gasteiger partial charge in [-0.1, -0.05) is 48.0 Å². The highest BCUT2D eigenvalue weighted by atomic mass is 32.2. The maximum Gasteiger partial charge on any atom is 0.244 e. The van der Waals surface area contributed by atoms with Crippen LogP contribution in [0.4, 0.5) is 14.5 Å². The molecule has 0 atom stereocenters. The molecule has 0 bridgehead atoms. The number of nitrogens with one attached hydrogen (secondary N) is 1. The van der Waals surface area contributed by atoms with Gasteiger partial charge in [-0.3, -0.25) is 4.79 Å². The summed E-state index contributed by atoms with van der Waals surface area (Å²) in [6, 6.07) is 15.4. The highest BCUT2D eigenvalue weighted by Gasteiger charge is 2.30. The molecule has 0 radical (unpaired) electrons. The number of carbonyl (C=O) groups is 1. The summed E-state index contributed by atoms with van der Waals surface area (Å²) in [6.45, 7) is 4.79. The van der Waals surface area contributed by atoms with E-state index in [0.717, 1.165) is 22.0 Å². The highest BCUT2D eigenvalue weighted by molar-refractivity contribution is 7.89. The third kappa shape index (κ3) is 5.38. The molecule has 5 nitrogen and oxygen atoms in total.